The van der Waals surface area contributed by atoms with Crippen LogP contribution in [-0.4, -0.2) is 23.5 Å². The minimum Gasteiger partial charge on any atom is -0.458 e. The van der Waals surface area contributed by atoms with E-state index in [-0.39, 0.29) is 11.3 Å². The number of amides is 1. The van der Waals surface area contributed by atoms with Gasteiger partial charge in [-0.15, -0.1) is 0 Å². The van der Waals surface area contributed by atoms with Gasteiger partial charge in [0.1, 0.15) is 11.6 Å². The molecule has 0 aromatic rings. The molecule has 0 spiro atoms. The fourth-order valence-corrected chi connectivity index (χ4v) is 1.22. The van der Waals surface area contributed by atoms with Crippen LogP contribution in [0.3, 0.4) is 0 Å². The first kappa shape index (κ1) is 15.9. The molecule has 0 bridgehead atoms. The number of ether oxygens (including phenoxy) is 1. The van der Waals surface area contributed by atoms with Gasteiger partial charge in [0.15, 0.2) is 0 Å². The van der Waals surface area contributed by atoms with E-state index in [0.717, 1.165) is 0 Å². The molecule has 100 valence electrons. The number of hydrogen-bond donors (Lipinski definition) is 1. The molecule has 0 saturated carbocycles. The van der Waals surface area contributed by atoms with Gasteiger partial charge in [0.25, 0.3) is 0 Å². The lowest BCUT2D eigenvalue weighted by Crippen LogP contribution is -2.43. The SMILES string of the molecule is C[C@@H](NC(=O)CC(C)(C)C)C(=O)OC(C)(C)C. The Morgan fingerprint density at radius 2 is 1.59 bits per heavy atom. The fraction of sp³-hybridized carbons (Fsp3) is 0.846. The van der Waals surface area contributed by atoms with E-state index in [0.29, 0.717) is 6.42 Å². The predicted octanol–water partition coefficient (Wildman–Crippen LogP) is 2.27. The van der Waals surface area contributed by atoms with E-state index in [9.17, 15) is 9.59 Å². The molecule has 0 unspecified atom stereocenters. The molecule has 0 rings (SSSR count). The Balaban J connectivity index is 4.22. The molecular formula is C13H25NO3. The smallest absolute Gasteiger partial charge is 0.328 e. The van der Waals surface area contributed by atoms with Crippen molar-refractivity contribution >= 4 is 11.9 Å². The molecule has 0 saturated heterocycles. The highest BCUT2D eigenvalue weighted by Gasteiger charge is 2.24. The topological polar surface area (TPSA) is 55.4 Å². The third-order valence-electron chi connectivity index (χ3n) is 1.83. The minimum atomic E-state index is -0.607. The molecule has 1 amide bonds. The molecule has 0 aliphatic rings. The van der Waals surface area contributed by atoms with Gasteiger partial charge in [-0.05, 0) is 33.1 Å². The van der Waals surface area contributed by atoms with Gasteiger partial charge in [-0.3, -0.25) is 4.79 Å². The van der Waals surface area contributed by atoms with Crippen LogP contribution < -0.4 is 5.32 Å². The number of esters is 1. The second-order valence-electron chi connectivity index (χ2n) is 6.56. The van der Waals surface area contributed by atoms with Crippen molar-refractivity contribution in [3.8, 4) is 0 Å². The summed E-state index contributed by atoms with van der Waals surface area (Å²) in [4.78, 5) is 23.2. The summed E-state index contributed by atoms with van der Waals surface area (Å²) >= 11 is 0. The molecule has 1 atom stereocenters. The molecule has 0 aliphatic carbocycles. The van der Waals surface area contributed by atoms with Crippen LogP contribution in [0, 0.1) is 5.41 Å². The van der Waals surface area contributed by atoms with Crippen molar-refractivity contribution < 1.29 is 14.3 Å². The molecular weight excluding hydrogens is 218 g/mol. The Labute approximate surface area is 104 Å². The quantitative estimate of drug-likeness (QED) is 0.774. The summed E-state index contributed by atoms with van der Waals surface area (Å²) < 4.78 is 5.18. The standard InChI is InChI=1S/C13H25NO3/c1-9(11(16)17-13(5,6)7)14-10(15)8-12(2,3)4/h9H,8H2,1-7H3,(H,14,15)/t9-/m1/s1. The largest absolute Gasteiger partial charge is 0.458 e. The predicted molar refractivity (Wildman–Crippen MR) is 67.5 cm³/mol. The van der Waals surface area contributed by atoms with E-state index in [1.54, 1.807) is 27.7 Å². The molecule has 0 fully saturated rings. The highest BCUT2D eigenvalue weighted by atomic mass is 16.6. The average Bonchev–Trinajstić information content (AvgIpc) is 1.95. The Morgan fingerprint density at radius 3 is 1.94 bits per heavy atom. The molecule has 0 aromatic heterocycles. The van der Waals surface area contributed by atoms with Crippen LogP contribution in [0.4, 0.5) is 0 Å². The van der Waals surface area contributed by atoms with Gasteiger partial charge in [-0.2, -0.15) is 0 Å². The van der Waals surface area contributed by atoms with E-state index in [1.165, 1.54) is 0 Å². The highest BCUT2D eigenvalue weighted by molar-refractivity contribution is 5.84. The summed E-state index contributed by atoms with van der Waals surface area (Å²) in [7, 11) is 0. The molecule has 4 heteroatoms. The zero-order valence-corrected chi connectivity index (χ0v) is 12.0. The van der Waals surface area contributed by atoms with E-state index < -0.39 is 17.6 Å². The van der Waals surface area contributed by atoms with Gasteiger partial charge in [0.2, 0.25) is 5.91 Å². The number of carbonyl (C=O) groups excluding carboxylic acids is 2. The second-order valence-corrected chi connectivity index (χ2v) is 6.56. The van der Waals surface area contributed by atoms with Crippen molar-refractivity contribution in [2.75, 3.05) is 0 Å². The van der Waals surface area contributed by atoms with E-state index in [1.807, 2.05) is 20.8 Å². The van der Waals surface area contributed by atoms with Crippen LogP contribution in [0.15, 0.2) is 0 Å². The molecule has 0 heterocycles. The van der Waals surface area contributed by atoms with Crippen molar-refractivity contribution in [3.63, 3.8) is 0 Å². The second kappa shape index (κ2) is 5.52. The third-order valence-corrected chi connectivity index (χ3v) is 1.83. The van der Waals surface area contributed by atoms with E-state index in [4.69, 9.17) is 4.74 Å². The van der Waals surface area contributed by atoms with Gasteiger partial charge in [0.05, 0.1) is 0 Å². The zero-order chi connectivity index (χ0) is 13.9. The normalized spacial score (nSPS) is 14.1. The van der Waals surface area contributed by atoms with Gasteiger partial charge in [-0.1, -0.05) is 20.8 Å². The Kier molecular flexibility index (Phi) is 5.17. The first-order valence-corrected chi connectivity index (χ1v) is 5.93. The third kappa shape index (κ3) is 8.72. The van der Waals surface area contributed by atoms with Crippen molar-refractivity contribution in [2.45, 2.75) is 66.5 Å². The van der Waals surface area contributed by atoms with E-state index >= 15 is 0 Å². The van der Waals surface area contributed by atoms with Crippen LogP contribution in [0.1, 0.15) is 54.9 Å². The van der Waals surface area contributed by atoms with E-state index in [2.05, 4.69) is 5.32 Å². The molecule has 17 heavy (non-hydrogen) atoms. The van der Waals surface area contributed by atoms with Crippen molar-refractivity contribution in [1.29, 1.82) is 0 Å². The summed E-state index contributed by atoms with van der Waals surface area (Å²) in [5, 5.41) is 2.65. The minimum absolute atomic E-state index is 0.0856. The molecule has 1 N–H and O–H groups in total. The Morgan fingerprint density at radius 1 is 1.12 bits per heavy atom. The molecule has 0 aromatic carbocycles. The summed E-state index contributed by atoms with van der Waals surface area (Å²) in [5.74, 6) is -0.532. The van der Waals surface area contributed by atoms with Crippen LogP contribution >= 0.6 is 0 Å². The average molecular weight is 243 g/mol. The summed E-state index contributed by atoms with van der Waals surface area (Å²) in [6.07, 6.45) is 0.389. The first-order chi connectivity index (χ1) is 7.41. The fourth-order valence-electron chi connectivity index (χ4n) is 1.22. The maximum Gasteiger partial charge on any atom is 0.328 e. The van der Waals surface area contributed by atoms with Crippen LogP contribution in [0.25, 0.3) is 0 Å². The monoisotopic (exact) mass is 243 g/mol. The lowest BCUT2D eigenvalue weighted by Gasteiger charge is -2.24. The number of carbonyl (C=O) groups is 2. The number of rotatable bonds is 3. The lowest BCUT2D eigenvalue weighted by molar-refractivity contribution is -0.158. The Hall–Kier alpha value is -1.06. The number of hydrogen-bond acceptors (Lipinski definition) is 3. The summed E-state index contributed by atoms with van der Waals surface area (Å²) in [5.41, 5.74) is -0.613. The van der Waals surface area contributed by atoms with Crippen LogP contribution in [-0.2, 0) is 14.3 Å². The van der Waals surface area contributed by atoms with Crippen molar-refractivity contribution in [2.24, 2.45) is 5.41 Å². The number of nitrogens with one attached hydrogen (secondary N) is 1. The maximum atomic E-state index is 11.6. The highest BCUT2D eigenvalue weighted by Crippen LogP contribution is 2.18. The van der Waals surface area contributed by atoms with Gasteiger partial charge < -0.3 is 10.1 Å². The molecule has 4 nitrogen and oxygen atoms in total. The maximum absolute atomic E-state index is 11.6. The summed E-state index contributed by atoms with van der Waals surface area (Å²) in [6.45, 7) is 13.0. The zero-order valence-electron chi connectivity index (χ0n) is 12.0. The van der Waals surface area contributed by atoms with Crippen molar-refractivity contribution in [3.05, 3.63) is 0 Å². The van der Waals surface area contributed by atoms with Gasteiger partial charge in [-0.25, -0.2) is 4.79 Å². The molecule has 0 aliphatic heterocycles. The molecule has 0 radical (unpaired) electrons. The van der Waals surface area contributed by atoms with Crippen LogP contribution in [0.5, 0.6) is 0 Å². The van der Waals surface area contributed by atoms with Crippen molar-refractivity contribution in [1.82, 2.24) is 5.32 Å². The Bertz CT molecular complexity index is 284. The van der Waals surface area contributed by atoms with Gasteiger partial charge in [0, 0.05) is 6.42 Å². The lowest BCUT2D eigenvalue weighted by atomic mass is 9.92. The first-order valence-electron chi connectivity index (χ1n) is 5.93. The van der Waals surface area contributed by atoms with Crippen LogP contribution in [0.2, 0.25) is 0 Å². The van der Waals surface area contributed by atoms with Gasteiger partial charge >= 0.3 is 5.97 Å². The summed E-state index contributed by atoms with van der Waals surface area (Å²) in [6, 6.07) is -0.607.